The number of nitro benzene ring substituents is 2. The second-order valence-corrected chi connectivity index (χ2v) is 5.33. The SMILES string of the molecule is COc1ccc(Cl)cc1NC(=O)Cc1ccc([N+](=O)[O-])cc1[N+](=O)[O-]. The van der Waals surface area contributed by atoms with Crippen LogP contribution in [0.4, 0.5) is 17.1 Å². The Kier molecular flexibility index (Phi) is 5.50. The molecule has 2 rings (SSSR count). The third kappa shape index (κ3) is 4.42. The van der Waals surface area contributed by atoms with Gasteiger partial charge < -0.3 is 10.1 Å². The van der Waals surface area contributed by atoms with Crippen LogP contribution in [0.3, 0.4) is 0 Å². The minimum atomic E-state index is -0.768. The van der Waals surface area contributed by atoms with E-state index in [9.17, 15) is 25.0 Å². The van der Waals surface area contributed by atoms with Crippen molar-refractivity contribution in [1.82, 2.24) is 0 Å². The van der Waals surface area contributed by atoms with Gasteiger partial charge in [-0.3, -0.25) is 25.0 Å². The highest BCUT2D eigenvalue weighted by Crippen LogP contribution is 2.29. The first-order chi connectivity index (χ1) is 11.8. The van der Waals surface area contributed by atoms with Crippen molar-refractivity contribution >= 4 is 34.6 Å². The van der Waals surface area contributed by atoms with E-state index in [1.165, 1.54) is 19.2 Å². The molecule has 0 radical (unpaired) electrons. The highest BCUT2D eigenvalue weighted by atomic mass is 35.5. The zero-order valence-corrected chi connectivity index (χ0v) is 13.6. The zero-order valence-electron chi connectivity index (χ0n) is 12.9. The first-order valence-corrected chi connectivity index (χ1v) is 7.24. The summed E-state index contributed by atoms with van der Waals surface area (Å²) < 4.78 is 5.10. The summed E-state index contributed by atoms with van der Waals surface area (Å²) in [6.45, 7) is 0. The molecule has 0 unspecified atom stereocenters. The fourth-order valence-corrected chi connectivity index (χ4v) is 2.30. The molecular weight excluding hydrogens is 354 g/mol. The molecule has 0 heterocycles. The molecule has 25 heavy (non-hydrogen) atoms. The van der Waals surface area contributed by atoms with Gasteiger partial charge in [-0.1, -0.05) is 11.6 Å². The monoisotopic (exact) mass is 365 g/mol. The number of nitro groups is 2. The number of ether oxygens (including phenoxy) is 1. The Bertz CT molecular complexity index is 855. The average Bonchev–Trinajstić information content (AvgIpc) is 2.54. The molecule has 130 valence electrons. The van der Waals surface area contributed by atoms with Gasteiger partial charge in [0.25, 0.3) is 11.4 Å². The standard InChI is InChI=1S/C15H12ClN3O6/c1-25-14-5-3-10(16)7-12(14)17-15(20)6-9-2-4-11(18(21)22)8-13(9)19(23)24/h2-5,7-8H,6H2,1H3,(H,17,20). The van der Waals surface area contributed by atoms with Crippen molar-refractivity contribution in [3.8, 4) is 5.75 Å². The zero-order chi connectivity index (χ0) is 18.6. The Hall–Kier alpha value is -3.20. The van der Waals surface area contributed by atoms with E-state index in [-0.39, 0.29) is 12.0 Å². The molecule has 9 nitrogen and oxygen atoms in total. The molecule has 2 aromatic rings. The van der Waals surface area contributed by atoms with Crippen molar-refractivity contribution in [2.75, 3.05) is 12.4 Å². The molecule has 1 N–H and O–H groups in total. The number of halogens is 1. The summed E-state index contributed by atoms with van der Waals surface area (Å²) in [5, 5.41) is 24.7. The quantitative estimate of drug-likeness (QED) is 0.618. The Balaban J connectivity index is 2.25. The van der Waals surface area contributed by atoms with Crippen LogP contribution in [0.25, 0.3) is 0 Å². The van der Waals surface area contributed by atoms with Crippen LogP contribution in [0.2, 0.25) is 5.02 Å². The number of amides is 1. The molecule has 0 bridgehead atoms. The highest BCUT2D eigenvalue weighted by molar-refractivity contribution is 6.31. The number of nitrogens with zero attached hydrogens (tertiary/aromatic N) is 2. The van der Waals surface area contributed by atoms with Gasteiger partial charge in [0.1, 0.15) is 5.75 Å². The van der Waals surface area contributed by atoms with E-state index < -0.39 is 27.1 Å². The summed E-state index contributed by atoms with van der Waals surface area (Å²) in [6, 6.07) is 7.73. The predicted octanol–water partition coefficient (Wildman–Crippen LogP) is 3.35. The van der Waals surface area contributed by atoms with Crippen molar-refractivity contribution in [2.45, 2.75) is 6.42 Å². The molecule has 0 saturated carbocycles. The molecule has 0 spiro atoms. The lowest BCUT2D eigenvalue weighted by molar-refractivity contribution is -0.394. The number of methoxy groups -OCH3 is 1. The number of anilines is 1. The molecule has 0 saturated heterocycles. The van der Waals surface area contributed by atoms with Crippen LogP contribution in [0.1, 0.15) is 5.56 Å². The second-order valence-electron chi connectivity index (χ2n) is 4.90. The summed E-state index contributed by atoms with van der Waals surface area (Å²) >= 11 is 5.87. The van der Waals surface area contributed by atoms with Crippen LogP contribution in [0.5, 0.6) is 5.75 Å². The fourth-order valence-electron chi connectivity index (χ4n) is 2.13. The van der Waals surface area contributed by atoms with Gasteiger partial charge in [-0.05, 0) is 24.3 Å². The minimum Gasteiger partial charge on any atom is -0.495 e. The number of hydrogen-bond acceptors (Lipinski definition) is 6. The Morgan fingerprint density at radius 3 is 2.48 bits per heavy atom. The van der Waals surface area contributed by atoms with E-state index in [1.807, 2.05) is 0 Å². The summed E-state index contributed by atoms with van der Waals surface area (Å²) in [5.41, 5.74) is -0.562. The molecular formula is C15H12ClN3O6. The molecule has 0 aliphatic heterocycles. The van der Waals surface area contributed by atoms with Gasteiger partial charge in [0.2, 0.25) is 5.91 Å². The van der Waals surface area contributed by atoms with Crippen molar-refractivity contribution in [3.63, 3.8) is 0 Å². The van der Waals surface area contributed by atoms with Crippen molar-refractivity contribution in [1.29, 1.82) is 0 Å². The molecule has 0 aliphatic carbocycles. The smallest absolute Gasteiger partial charge is 0.279 e. The van der Waals surface area contributed by atoms with E-state index >= 15 is 0 Å². The maximum Gasteiger partial charge on any atom is 0.279 e. The summed E-state index contributed by atoms with van der Waals surface area (Å²) in [4.78, 5) is 32.5. The molecule has 2 aromatic carbocycles. The molecule has 0 aromatic heterocycles. The van der Waals surface area contributed by atoms with Crippen molar-refractivity contribution < 1.29 is 19.4 Å². The highest BCUT2D eigenvalue weighted by Gasteiger charge is 2.21. The first kappa shape index (κ1) is 18.1. The van der Waals surface area contributed by atoms with Crippen LogP contribution >= 0.6 is 11.6 Å². The van der Waals surface area contributed by atoms with Gasteiger partial charge in [-0.25, -0.2) is 0 Å². The maximum absolute atomic E-state index is 12.2. The minimum absolute atomic E-state index is 0.0501. The Labute approximate surface area is 146 Å². The lowest BCUT2D eigenvalue weighted by Crippen LogP contribution is -2.16. The largest absolute Gasteiger partial charge is 0.495 e. The van der Waals surface area contributed by atoms with E-state index in [4.69, 9.17) is 16.3 Å². The number of non-ortho nitro benzene ring substituents is 1. The third-order valence-corrected chi connectivity index (χ3v) is 3.50. The lowest BCUT2D eigenvalue weighted by atomic mass is 10.1. The molecule has 0 aliphatic rings. The number of carbonyl (C=O) groups is 1. The summed E-state index contributed by atoms with van der Waals surface area (Å²) in [6.07, 6.45) is -0.343. The Morgan fingerprint density at radius 1 is 1.16 bits per heavy atom. The first-order valence-electron chi connectivity index (χ1n) is 6.87. The van der Waals surface area contributed by atoms with Crippen LogP contribution in [-0.2, 0) is 11.2 Å². The van der Waals surface area contributed by atoms with Gasteiger partial charge in [0.15, 0.2) is 0 Å². The lowest BCUT2D eigenvalue weighted by Gasteiger charge is -2.10. The normalized spacial score (nSPS) is 10.2. The molecule has 1 amide bonds. The Morgan fingerprint density at radius 2 is 1.88 bits per heavy atom. The summed E-state index contributed by atoms with van der Waals surface area (Å²) in [7, 11) is 1.42. The number of carbonyl (C=O) groups excluding carboxylic acids is 1. The van der Waals surface area contributed by atoms with Gasteiger partial charge >= 0.3 is 0 Å². The second kappa shape index (κ2) is 7.58. The topological polar surface area (TPSA) is 125 Å². The van der Waals surface area contributed by atoms with E-state index in [0.29, 0.717) is 16.5 Å². The number of rotatable bonds is 6. The van der Waals surface area contributed by atoms with E-state index in [1.54, 1.807) is 12.1 Å². The fraction of sp³-hybridized carbons (Fsp3) is 0.133. The van der Waals surface area contributed by atoms with Gasteiger partial charge in [-0.2, -0.15) is 0 Å². The molecule has 10 heteroatoms. The van der Waals surface area contributed by atoms with Gasteiger partial charge in [-0.15, -0.1) is 0 Å². The maximum atomic E-state index is 12.2. The summed E-state index contributed by atoms with van der Waals surface area (Å²) in [5.74, 6) is -0.187. The van der Waals surface area contributed by atoms with Crippen LogP contribution < -0.4 is 10.1 Å². The third-order valence-electron chi connectivity index (χ3n) is 3.26. The van der Waals surface area contributed by atoms with Crippen LogP contribution in [-0.4, -0.2) is 22.9 Å². The van der Waals surface area contributed by atoms with E-state index in [0.717, 1.165) is 12.1 Å². The molecule has 0 fully saturated rings. The number of hydrogen-bond donors (Lipinski definition) is 1. The average molecular weight is 366 g/mol. The predicted molar refractivity (Wildman–Crippen MR) is 90.1 cm³/mol. The van der Waals surface area contributed by atoms with Crippen LogP contribution in [0, 0.1) is 20.2 Å². The van der Waals surface area contributed by atoms with Gasteiger partial charge in [0, 0.05) is 16.7 Å². The van der Waals surface area contributed by atoms with Crippen LogP contribution in [0.15, 0.2) is 36.4 Å². The van der Waals surface area contributed by atoms with E-state index in [2.05, 4.69) is 5.32 Å². The van der Waals surface area contributed by atoms with Crippen molar-refractivity contribution in [3.05, 3.63) is 67.2 Å². The molecule has 0 atom stereocenters. The van der Waals surface area contributed by atoms with Gasteiger partial charge in [0.05, 0.1) is 35.1 Å². The number of nitrogens with one attached hydrogen (secondary N) is 1. The van der Waals surface area contributed by atoms with Crippen molar-refractivity contribution in [2.24, 2.45) is 0 Å². The number of benzene rings is 2.